The summed E-state index contributed by atoms with van der Waals surface area (Å²) in [5.74, 6) is 0. The van der Waals surface area contributed by atoms with Crippen molar-refractivity contribution in [3.8, 4) is 0 Å². The van der Waals surface area contributed by atoms with Crippen molar-refractivity contribution >= 4 is 28.6 Å². The summed E-state index contributed by atoms with van der Waals surface area (Å²) in [5.41, 5.74) is 1.66. The summed E-state index contributed by atoms with van der Waals surface area (Å²) >= 11 is 7.85. The van der Waals surface area contributed by atoms with Gasteiger partial charge in [0.1, 0.15) is 5.02 Å². The number of anilines is 1. The number of aromatic nitrogens is 2. The lowest BCUT2D eigenvalue weighted by atomic mass is 10.1. The van der Waals surface area contributed by atoms with E-state index >= 15 is 0 Å². The highest BCUT2D eigenvalue weighted by Gasteiger charge is 2.12. The smallest absolute Gasteiger partial charge is 0.287 e. The third-order valence-corrected chi connectivity index (χ3v) is 4.33. The molecule has 0 aliphatic rings. The molecule has 0 aromatic carbocycles. The maximum absolute atomic E-state index is 12.1. The third-order valence-electron chi connectivity index (χ3n) is 3.23. The first-order chi connectivity index (χ1) is 10.1. The van der Waals surface area contributed by atoms with Crippen LogP contribution < -0.4 is 10.9 Å². The molecule has 0 fully saturated rings. The maximum Gasteiger partial charge on any atom is 0.287 e. The minimum atomic E-state index is -0.224. The molecule has 0 radical (unpaired) electrons. The van der Waals surface area contributed by atoms with Crippen LogP contribution in [0.5, 0.6) is 0 Å². The second-order valence-corrected chi connectivity index (χ2v) is 6.29. The molecule has 2 rings (SSSR count). The molecule has 1 unspecified atom stereocenters. The largest absolute Gasteiger partial charge is 0.380 e. The number of nitrogens with zero attached hydrogens (tertiary/aromatic N) is 2. The Kier molecular flexibility index (Phi) is 5.82. The topological polar surface area (TPSA) is 46.9 Å². The number of unbranched alkanes of at least 4 members (excludes halogenated alkanes) is 1. The Bertz CT molecular complexity index is 624. The van der Waals surface area contributed by atoms with Crippen molar-refractivity contribution in [3.63, 3.8) is 0 Å². The highest BCUT2D eigenvalue weighted by Crippen LogP contribution is 2.18. The summed E-state index contributed by atoms with van der Waals surface area (Å²) in [7, 11) is 0. The molecule has 0 aliphatic heterocycles. The van der Waals surface area contributed by atoms with E-state index in [0.29, 0.717) is 12.2 Å². The van der Waals surface area contributed by atoms with Crippen molar-refractivity contribution in [2.45, 2.75) is 45.7 Å². The molecule has 2 heterocycles. The Hall–Kier alpha value is -1.33. The lowest BCUT2D eigenvalue weighted by molar-refractivity contribution is 0.543. The van der Waals surface area contributed by atoms with Crippen LogP contribution in [0.15, 0.2) is 27.8 Å². The van der Waals surface area contributed by atoms with Gasteiger partial charge in [0.25, 0.3) is 5.56 Å². The van der Waals surface area contributed by atoms with Crippen molar-refractivity contribution in [1.82, 2.24) is 9.78 Å². The van der Waals surface area contributed by atoms with Gasteiger partial charge in [0, 0.05) is 12.6 Å². The van der Waals surface area contributed by atoms with Crippen LogP contribution in [0.4, 0.5) is 5.69 Å². The normalized spacial score (nSPS) is 12.3. The summed E-state index contributed by atoms with van der Waals surface area (Å²) in [4.78, 5) is 12.1. The summed E-state index contributed by atoms with van der Waals surface area (Å²) in [5, 5.41) is 11.9. The van der Waals surface area contributed by atoms with E-state index in [0.717, 1.165) is 19.3 Å². The molecule has 1 atom stereocenters. The summed E-state index contributed by atoms with van der Waals surface area (Å²) in [6.07, 6.45) is 4.47. The average molecular weight is 326 g/mol. The van der Waals surface area contributed by atoms with E-state index in [4.69, 9.17) is 11.6 Å². The highest BCUT2D eigenvalue weighted by atomic mass is 35.5. The van der Waals surface area contributed by atoms with Crippen molar-refractivity contribution in [1.29, 1.82) is 0 Å². The van der Waals surface area contributed by atoms with Crippen LogP contribution in [-0.4, -0.2) is 15.8 Å². The first-order valence-corrected chi connectivity index (χ1v) is 8.47. The summed E-state index contributed by atoms with van der Waals surface area (Å²) in [6.45, 7) is 4.76. The zero-order chi connectivity index (χ0) is 15.2. The van der Waals surface area contributed by atoms with E-state index in [1.165, 1.54) is 10.2 Å². The van der Waals surface area contributed by atoms with Gasteiger partial charge in [-0.25, -0.2) is 4.68 Å². The van der Waals surface area contributed by atoms with E-state index in [-0.39, 0.29) is 16.6 Å². The predicted molar refractivity (Wildman–Crippen MR) is 89.5 cm³/mol. The molecular weight excluding hydrogens is 306 g/mol. The van der Waals surface area contributed by atoms with Crippen LogP contribution in [0.25, 0.3) is 0 Å². The second-order valence-electron chi connectivity index (χ2n) is 5.14. The molecule has 6 heteroatoms. The van der Waals surface area contributed by atoms with Gasteiger partial charge in [-0.2, -0.15) is 16.4 Å². The molecule has 21 heavy (non-hydrogen) atoms. The zero-order valence-corrected chi connectivity index (χ0v) is 13.9. The van der Waals surface area contributed by atoms with Crippen molar-refractivity contribution in [3.05, 3.63) is 44.0 Å². The van der Waals surface area contributed by atoms with E-state index in [9.17, 15) is 4.79 Å². The quantitative estimate of drug-likeness (QED) is 0.842. The fraction of sp³-hybridized carbons (Fsp3) is 0.467. The van der Waals surface area contributed by atoms with Crippen LogP contribution in [0.1, 0.15) is 32.3 Å². The molecular formula is C15H20ClN3OS. The SMILES string of the molecule is CCCCn1ncc(NC(C)Cc2ccsc2)c(Cl)c1=O. The molecule has 0 saturated heterocycles. The van der Waals surface area contributed by atoms with E-state index in [1.54, 1.807) is 17.5 Å². The fourth-order valence-corrected chi connectivity index (χ4v) is 2.99. The first-order valence-electron chi connectivity index (χ1n) is 7.15. The Labute approximate surface area is 133 Å². The number of hydrogen-bond acceptors (Lipinski definition) is 4. The Morgan fingerprint density at radius 3 is 3.00 bits per heavy atom. The molecule has 0 aliphatic carbocycles. The molecule has 4 nitrogen and oxygen atoms in total. The summed E-state index contributed by atoms with van der Waals surface area (Å²) in [6, 6.07) is 2.29. The Morgan fingerprint density at radius 2 is 2.33 bits per heavy atom. The van der Waals surface area contributed by atoms with Crippen LogP contribution >= 0.6 is 22.9 Å². The van der Waals surface area contributed by atoms with Crippen LogP contribution in [0, 0.1) is 0 Å². The predicted octanol–water partition coefficient (Wildman–Crippen LogP) is 3.80. The van der Waals surface area contributed by atoms with Crippen LogP contribution in [0.2, 0.25) is 5.02 Å². The van der Waals surface area contributed by atoms with Gasteiger partial charge in [-0.3, -0.25) is 4.79 Å². The minimum absolute atomic E-state index is 0.185. The van der Waals surface area contributed by atoms with E-state index in [1.807, 2.05) is 0 Å². The molecule has 1 N–H and O–H groups in total. The molecule has 2 aromatic rings. The van der Waals surface area contributed by atoms with Gasteiger partial charge in [0.2, 0.25) is 0 Å². The van der Waals surface area contributed by atoms with Gasteiger partial charge in [-0.1, -0.05) is 24.9 Å². The monoisotopic (exact) mass is 325 g/mol. The standard InChI is InChI=1S/C15H20ClN3OS/c1-3-4-6-19-15(20)14(16)13(9-17-19)18-11(2)8-12-5-7-21-10-12/h5,7,9-11,18H,3-4,6,8H2,1-2H3. The van der Waals surface area contributed by atoms with Gasteiger partial charge in [-0.15, -0.1) is 0 Å². The summed E-state index contributed by atoms with van der Waals surface area (Å²) < 4.78 is 1.43. The average Bonchev–Trinajstić information content (AvgIpc) is 2.96. The maximum atomic E-state index is 12.1. The Morgan fingerprint density at radius 1 is 1.52 bits per heavy atom. The van der Waals surface area contributed by atoms with E-state index < -0.39 is 0 Å². The number of rotatable bonds is 7. The Balaban J connectivity index is 2.06. The van der Waals surface area contributed by atoms with Gasteiger partial charge in [-0.05, 0) is 42.2 Å². The zero-order valence-electron chi connectivity index (χ0n) is 12.3. The molecule has 0 spiro atoms. The molecule has 0 saturated carbocycles. The number of aryl methyl sites for hydroxylation is 1. The first kappa shape index (κ1) is 16.0. The number of halogens is 1. The van der Waals surface area contributed by atoms with Crippen LogP contribution in [-0.2, 0) is 13.0 Å². The van der Waals surface area contributed by atoms with Gasteiger partial charge >= 0.3 is 0 Å². The van der Waals surface area contributed by atoms with Crippen LogP contribution in [0.3, 0.4) is 0 Å². The third kappa shape index (κ3) is 4.32. The fourth-order valence-electron chi connectivity index (χ4n) is 2.11. The molecule has 0 bridgehead atoms. The molecule has 2 aromatic heterocycles. The van der Waals surface area contributed by atoms with Gasteiger partial charge in [0.05, 0.1) is 11.9 Å². The lowest BCUT2D eigenvalue weighted by Gasteiger charge is -2.16. The highest BCUT2D eigenvalue weighted by molar-refractivity contribution is 7.07. The minimum Gasteiger partial charge on any atom is -0.380 e. The van der Waals surface area contributed by atoms with E-state index in [2.05, 4.69) is 41.1 Å². The second kappa shape index (κ2) is 7.61. The number of thiophene rings is 1. The molecule has 0 amide bonds. The number of hydrogen-bond donors (Lipinski definition) is 1. The number of nitrogens with one attached hydrogen (secondary N) is 1. The lowest BCUT2D eigenvalue weighted by Crippen LogP contribution is -2.26. The van der Waals surface area contributed by atoms with Crippen molar-refractivity contribution < 1.29 is 0 Å². The van der Waals surface area contributed by atoms with Gasteiger partial charge in [0.15, 0.2) is 0 Å². The van der Waals surface area contributed by atoms with Crippen molar-refractivity contribution in [2.75, 3.05) is 5.32 Å². The van der Waals surface area contributed by atoms with Gasteiger partial charge < -0.3 is 5.32 Å². The molecule has 114 valence electrons. The van der Waals surface area contributed by atoms with Crippen molar-refractivity contribution in [2.24, 2.45) is 0 Å².